The second-order valence-electron chi connectivity index (χ2n) is 5.79. The molecule has 3 aromatic rings. The molecule has 3 rings (SSSR count). The minimum atomic E-state index is -0.591. The summed E-state index contributed by atoms with van der Waals surface area (Å²) in [6, 6.07) is 14.3. The number of pyridine rings is 1. The number of anilines is 2. The zero-order valence-electron chi connectivity index (χ0n) is 14.9. The second-order valence-corrected chi connectivity index (χ2v) is 5.79. The van der Waals surface area contributed by atoms with E-state index in [9.17, 15) is 14.9 Å². The van der Waals surface area contributed by atoms with E-state index in [2.05, 4.69) is 25.8 Å². The summed E-state index contributed by atoms with van der Waals surface area (Å²) in [4.78, 5) is 36.7. The number of amides is 1. The molecule has 10 nitrogen and oxygen atoms in total. The van der Waals surface area contributed by atoms with Crippen LogP contribution in [0.3, 0.4) is 0 Å². The zero-order valence-corrected chi connectivity index (χ0v) is 14.9. The Balaban J connectivity index is 1.81. The lowest BCUT2D eigenvalue weighted by Gasteiger charge is -2.19. The first kappa shape index (κ1) is 18.7. The molecule has 0 aliphatic rings. The van der Waals surface area contributed by atoms with E-state index < -0.39 is 10.8 Å². The molecule has 1 amide bonds. The molecule has 0 bridgehead atoms. The van der Waals surface area contributed by atoms with Gasteiger partial charge >= 0.3 is 5.69 Å². The molecule has 142 valence electrons. The predicted molar refractivity (Wildman–Crippen MR) is 103 cm³/mol. The molecule has 2 heterocycles. The first-order chi connectivity index (χ1) is 13.6. The number of nitro groups is 1. The van der Waals surface area contributed by atoms with Gasteiger partial charge in [0.25, 0.3) is 5.91 Å². The monoisotopic (exact) mass is 379 g/mol. The lowest BCUT2D eigenvalue weighted by molar-refractivity contribution is -0.383. The summed E-state index contributed by atoms with van der Waals surface area (Å²) >= 11 is 0. The van der Waals surface area contributed by atoms with E-state index in [4.69, 9.17) is 0 Å². The predicted octanol–water partition coefficient (Wildman–Crippen LogP) is 2.17. The molecule has 2 N–H and O–H groups in total. The van der Waals surface area contributed by atoms with Crippen LogP contribution in [0.25, 0.3) is 0 Å². The number of hydrogen-bond donors (Lipinski definition) is 2. The Kier molecular flexibility index (Phi) is 5.70. The van der Waals surface area contributed by atoms with Crippen molar-refractivity contribution in [2.45, 2.75) is 6.54 Å². The molecule has 0 atom stereocenters. The number of nitrogens with zero attached hydrogens (tertiary/aromatic N) is 5. The zero-order chi connectivity index (χ0) is 19.9. The Hall–Kier alpha value is -4.08. The van der Waals surface area contributed by atoms with Crippen molar-refractivity contribution in [2.24, 2.45) is 0 Å². The van der Waals surface area contributed by atoms with Crippen molar-refractivity contribution in [3.8, 4) is 0 Å². The van der Waals surface area contributed by atoms with Crippen molar-refractivity contribution in [1.82, 2.24) is 20.4 Å². The Morgan fingerprint density at radius 1 is 1.11 bits per heavy atom. The van der Waals surface area contributed by atoms with E-state index in [1.54, 1.807) is 24.1 Å². The van der Waals surface area contributed by atoms with Crippen molar-refractivity contribution in [1.29, 1.82) is 0 Å². The van der Waals surface area contributed by atoms with Crippen LogP contribution in [0.1, 0.15) is 16.1 Å². The molecule has 0 aliphatic heterocycles. The third-order valence-corrected chi connectivity index (χ3v) is 3.80. The molecule has 0 saturated heterocycles. The van der Waals surface area contributed by atoms with Crippen molar-refractivity contribution in [3.63, 3.8) is 0 Å². The van der Waals surface area contributed by atoms with Gasteiger partial charge in [0, 0.05) is 19.8 Å². The molecule has 1 aromatic carbocycles. The van der Waals surface area contributed by atoms with Gasteiger partial charge in [-0.1, -0.05) is 36.4 Å². The normalized spacial score (nSPS) is 10.2. The first-order valence-electron chi connectivity index (χ1n) is 8.28. The number of hydrazine groups is 1. The van der Waals surface area contributed by atoms with E-state index >= 15 is 0 Å². The lowest BCUT2D eigenvalue weighted by Crippen LogP contribution is -2.31. The molecule has 0 saturated carbocycles. The summed E-state index contributed by atoms with van der Waals surface area (Å²) in [6.07, 6.45) is 2.66. The Labute approximate surface area is 160 Å². The van der Waals surface area contributed by atoms with Crippen LogP contribution >= 0.6 is 0 Å². The van der Waals surface area contributed by atoms with E-state index in [-0.39, 0.29) is 23.0 Å². The van der Waals surface area contributed by atoms with Gasteiger partial charge in [0.05, 0.1) is 4.92 Å². The number of carbonyl (C=O) groups excluding carboxylic acids is 1. The van der Waals surface area contributed by atoms with Crippen molar-refractivity contribution in [3.05, 3.63) is 82.4 Å². The number of benzene rings is 1. The summed E-state index contributed by atoms with van der Waals surface area (Å²) in [5, 5.41) is 11.6. The molecule has 0 spiro atoms. The number of rotatable bonds is 7. The summed E-state index contributed by atoms with van der Waals surface area (Å²) < 4.78 is 0. The van der Waals surface area contributed by atoms with Crippen LogP contribution in [0.4, 0.5) is 17.3 Å². The average Bonchev–Trinajstić information content (AvgIpc) is 2.72. The standard InChI is InChI=1S/C18H17N7O3/c1-24(11-13-7-3-2-4-8-13)17-15(25(27)28)16(20-12-21-17)22-23-18(26)14-9-5-6-10-19-14/h2-10,12H,11H2,1H3,(H,23,26)(H,20,21,22). The van der Waals surface area contributed by atoms with E-state index in [1.807, 2.05) is 30.3 Å². The molecule has 28 heavy (non-hydrogen) atoms. The number of carbonyl (C=O) groups is 1. The highest BCUT2D eigenvalue weighted by atomic mass is 16.6. The highest BCUT2D eigenvalue weighted by molar-refractivity contribution is 5.93. The summed E-state index contributed by atoms with van der Waals surface area (Å²) in [5.74, 6) is -0.551. The summed E-state index contributed by atoms with van der Waals surface area (Å²) in [5.41, 5.74) is 5.64. The molecule has 0 radical (unpaired) electrons. The van der Waals surface area contributed by atoms with Gasteiger partial charge in [-0.3, -0.25) is 30.7 Å². The minimum Gasteiger partial charge on any atom is -0.349 e. The Bertz CT molecular complexity index is 967. The van der Waals surface area contributed by atoms with Gasteiger partial charge in [0.1, 0.15) is 12.0 Å². The summed E-state index contributed by atoms with van der Waals surface area (Å²) in [7, 11) is 1.69. The average molecular weight is 379 g/mol. The SMILES string of the molecule is CN(Cc1ccccc1)c1ncnc(NNC(=O)c2ccccn2)c1[N+](=O)[O-]. The van der Waals surface area contributed by atoms with Crippen LogP contribution in [0, 0.1) is 10.1 Å². The molecule has 0 unspecified atom stereocenters. The van der Waals surface area contributed by atoms with Crippen molar-refractivity contribution < 1.29 is 9.72 Å². The van der Waals surface area contributed by atoms with E-state index in [0.717, 1.165) is 5.56 Å². The Morgan fingerprint density at radius 2 is 1.86 bits per heavy atom. The maximum atomic E-state index is 12.1. The fraction of sp³-hybridized carbons (Fsp3) is 0.111. The van der Waals surface area contributed by atoms with Gasteiger partial charge in [-0.25, -0.2) is 9.97 Å². The maximum Gasteiger partial charge on any atom is 0.355 e. The molecule has 2 aromatic heterocycles. The molecule has 10 heteroatoms. The molecule has 0 aliphatic carbocycles. The Morgan fingerprint density at radius 3 is 2.54 bits per heavy atom. The van der Waals surface area contributed by atoms with E-state index in [1.165, 1.54) is 18.6 Å². The third-order valence-electron chi connectivity index (χ3n) is 3.80. The molecular weight excluding hydrogens is 362 g/mol. The van der Waals surface area contributed by atoms with Gasteiger partial charge in [0.2, 0.25) is 11.6 Å². The van der Waals surface area contributed by atoms with Crippen molar-refractivity contribution >= 4 is 23.2 Å². The second kappa shape index (κ2) is 8.54. The van der Waals surface area contributed by atoms with Gasteiger partial charge in [-0.2, -0.15) is 0 Å². The quantitative estimate of drug-likeness (QED) is 0.472. The summed E-state index contributed by atoms with van der Waals surface area (Å²) in [6.45, 7) is 0.415. The fourth-order valence-electron chi connectivity index (χ4n) is 2.52. The van der Waals surface area contributed by atoms with Gasteiger partial charge in [-0.15, -0.1) is 0 Å². The van der Waals surface area contributed by atoms with Crippen LogP contribution in [-0.4, -0.2) is 32.8 Å². The number of hydrogen-bond acceptors (Lipinski definition) is 8. The van der Waals surface area contributed by atoms with Crippen LogP contribution < -0.4 is 15.8 Å². The number of nitrogens with one attached hydrogen (secondary N) is 2. The highest BCUT2D eigenvalue weighted by Gasteiger charge is 2.26. The molecule has 0 fully saturated rings. The maximum absolute atomic E-state index is 12.1. The largest absolute Gasteiger partial charge is 0.355 e. The third kappa shape index (κ3) is 4.36. The molecular formula is C18H17N7O3. The highest BCUT2D eigenvalue weighted by Crippen LogP contribution is 2.31. The van der Waals surface area contributed by atoms with Crippen LogP contribution in [0.15, 0.2) is 61.1 Å². The van der Waals surface area contributed by atoms with E-state index in [0.29, 0.717) is 6.54 Å². The topological polar surface area (TPSA) is 126 Å². The van der Waals surface area contributed by atoms with Gasteiger partial charge in [0.15, 0.2) is 0 Å². The number of aromatic nitrogens is 3. The van der Waals surface area contributed by atoms with Crippen LogP contribution in [0.5, 0.6) is 0 Å². The first-order valence-corrected chi connectivity index (χ1v) is 8.28. The fourth-order valence-corrected chi connectivity index (χ4v) is 2.52. The van der Waals surface area contributed by atoms with Crippen molar-refractivity contribution in [2.75, 3.05) is 17.4 Å². The van der Waals surface area contributed by atoms with Crippen LogP contribution in [0.2, 0.25) is 0 Å². The van der Waals surface area contributed by atoms with Gasteiger partial charge < -0.3 is 4.90 Å². The van der Waals surface area contributed by atoms with Crippen LogP contribution in [-0.2, 0) is 6.54 Å². The smallest absolute Gasteiger partial charge is 0.349 e. The van der Waals surface area contributed by atoms with Gasteiger partial charge in [-0.05, 0) is 17.7 Å². The lowest BCUT2D eigenvalue weighted by atomic mass is 10.2. The minimum absolute atomic E-state index is 0.124.